The number of hydrogen-bond acceptors (Lipinski definition) is 5. The highest BCUT2D eigenvalue weighted by atomic mass is 19.4. The van der Waals surface area contributed by atoms with Crippen molar-refractivity contribution in [1.29, 1.82) is 0 Å². The lowest BCUT2D eigenvalue weighted by atomic mass is 10.1. The third kappa shape index (κ3) is 6.75. The molecular formula is C27H29F3N2O4. The summed E-state index contributed by atoms with van der Waals surface area (Å²) in [5.41, 5.74) is 1.40. The zero-order chi connectivity index (χ0) is 26.7. The fraction of sp³-hybridized carbons (Fsp3) is 0.333. The van der Waals surface area contributed by atoms with E-state index >= 15 is 0 Å². The van der Waals surface area contributed by atoms with Crippen molar-refractivity contribution in [3.8, 4) is 22.8 Å². The minimum Gasteiger partial charge on any atom is -0.489 e. The van der Waals surface area contributed by atoms with Crippen molar-refractivity contribution in [1.82, 2.24) is 9.88 Å². The van der Waals surface area contributed by atoms with E-state index in [1.165, 1.54) is 26.0 Å². The summed E-state index contributed by atoms with van der Waals surface area (Å²) in [6, 6.07) is 13.7. The second kappa shape index (κ2) is 10.6. The molecule has 1 aromatic heterocycles. The van der Waals surface area contributed by atoms with Gasteiger partial charge in [0.15, 0.2) is 5.60 Å². The summed E-state index contributed by atoms with van der Waals surface area (Å²) in [7, 11) is 3.80. The summed E-state index contributed by atoms with van der Waals surface area (Å²) in [4.78, 5) is 18.0. The first kappa shape index (κ1) is 27.0. The molecule has 9 heteroatoms. The summed E-state index contributed by atoms with van der Waals surface area (Å²) in [6.07, 6.45) is -4.39. The average Bonchev–Trinajstić information content (AvgIpc) is 2.79. The van der Waals surface area contributed by atoms with E-state index in [0.717, 1.165) is 29.0 Å². The van der Waals surface area contributed by atoms with Crippen LogP contribution in [0, 0.1) is 6.92 Å². The van der Waals surface area contributed by atoms with Crippen LogP contribution in [0.3, 0.4) is 0 Å². The molecule has 0 unspecified atom stereocenters. The van der Waals surface area contributed by atoms with E-state index in [4.69, 9.17) is 14.5 Å². The van der Waals surface area contributed by atoms with Gasteiger partial charge in [-0.3, -0.25) is 4.98 Å². The summed E-state index contributed by atoms with van der Waals surface area (Å²) in [5.74, 6) is -0.0379. The van der Waals surface area contributed by atoms with E-state index in [1.54, 1.807) is 31.2 Å². The highest BCUT2D eigenvalue weighted by Crippen LogP contribution is 2.31. The van der Waals surface area contributed by atoms with Crippen molar-refractivity contribution in [2.45, 2.75) is 45.7 Å². The number of nitrogens with zero attached hydrogens (tertiary/aromatic N) is 2. The molecule has 0 bridgehead atoms. The van der Waals surface area contributed by atoms with Crippen LogP contribution in [-0.4, -0.2) is 40.7 Å². The molecule has 0 fully saturated rings. The Balaban J connectivity index is 1.79. The Hall–Kier alpha value is -3.59. The van der Waals surface area contributed by atoms with Gasteiger partial charge in [-0.2, -0.15) is 13.2 Å². The molecule has 0 aliphatic rings. The number of rotatable bonds is 9. The Bertz CT molecular complexity index is 1220. The Labute approximate surface area is 208 Å². The number of aromatic nitrogens is 1. The number of hydrogen-bond donors (Lipinski definition) is 1. The number of carboxylic acid groups (broad SMARTS) is 1. The van der Waals surface area contributed by atoms with Crippen molar-refractivity contribution in [3.63, 3.8) is 0 Å². The van der Waals surface area contributed by atoms with Gasteiger partial charge < -0.3 is 19.5 Å². The molecule has 0 saturated heterocycles. The lowest BCUT2D eigenvalue weighted by Crippen LogP contribution is -2.38. The van der Waals surface area contributed by atoms with E-state index < -0.39 is 23.3 Å². The minimum absolute atomic E-state index is 0.226. The molecule has 192 valence electrons. The highest BCUT2D eigenvalue weighted by molar-refractivity contribution is 5.76. The molecule has 1 N–H and O–H groups in total. The van der Waals surface area contributed by atoms with Crippen LogP contribution < -0.4 is 9.47 Å². The maximum Gasteiger partial charge on any atom is 0.416 e. The number of ether oxygens (including phenoxy) is 2. The van der Waals surface area contributed by atoms with E-state index in [1.807, 2.05) is 25.1 Å². The summed E-state index contributed by atoms with van der Waals surface area (Å²) in [5, 5.41) is 9.28. The third-order valence-electron chi connectivity index (χ3n) is 5.46. The maximum atomic E-state index is 12.9. The van der Waals surface area contributed by atoms with Gasteiger partial charge in [-0.25, -0.2) is 4.79 Å². The SMILES string of the molecule is Cc1cc(OCc2ccc(-c3ccc(C(F)(F)F)cc3)nc2CN(C)C)ccc1OC(C)(C)C(=O)O. The number of benzene rings is 2. The normalized spacial score (nSPS) is 12.0. The van der Waals surface area contributed by atoms with Crippen LogP contribution in [0.4, 0.5) is 13.2 Å². The van der Waals surface area contributed by atoms with Gasteiger partial charge in [-0.05, 0) is 76.8 Å². The van der Waals surface area contributed by atoms with Crippen molar-refractivity contribution in [2.75, 3.05) is 14.1 Å². The first-order chi connectivity index (χ1) is 16.8. The molecule has 36 heavy (non-hydrogen) atoms. The van der Waals surface area contributed by atoms with E-state index in [2.05, 4.69) is 0 Å². The monoisotopic (exact) mass is 502 g/mol. The first-order valence-corrected chi connectivity index (χ1v) is 11.2. The summed E-state index contributed by atoms with van der Waals surface area (Å²) < 4.78 is 50.3. The van der Waals surface area contributed by atoms with Gasteiger partial charge in [0, 0.05) is 17.7 Å². The van der Waals surface area contributed by atoms with Crippen LogP contribution in [0.2, 0.25) is 0 Å². The van der Waals surface area contributed by atoms with E-state index in [-0.39, 0.29) is 6.61 Å². The molecule has 3 aromatic rings. The van der Waals surface area contributed by atoms with Gasteiger partial charge in [0.25, 0.3) is 0 Å². The topological polar surface area (TPSA) is 71.9 Å². The maximum absolute atomic E-state index is 12.9. The first-order valence-electron chi connectivity index (χ1n) is 11.2. The lowest BCUT2D eigenvalue weighted by Gasteiger charge is -2.23. The molecule has 0 saturated carbocycles. The number of halogens is 3. The Morgan fingerprint density at radius 1 is 1.03 bits per heavy atom. The van der Waals surface area contributed by atoms with Gasteiger partial charge in [-0.15, -0.1) is 0 Å². The largest absolute Gasteiger partial charge is 0.489 e. The molecule has 0 aliphatic heterocycles. The Kier molecular flexibility index (Phi) is 7.93. The van der Waals surface area contributed by atoms with Crippen LogP contribution in [0.5, 0.6) is 11.5 Å². The number of carbonyl (C=O) groups is 1. The van der Waals surface area contributed by atoms with Crippen LogP contribution in [-0.2, 0) is 24.1 Å². The predicted molar refractivity (Wildman–Crippen MR) is 130 cm³/mol. The summed E-state index contributed by atoms with van der Waals surface area (Å²) in [6.45, 7) is 5.50. The smallest absolute Gasteiger partial charge is 0.416 e. The Morgan fingerprint density at radius 3 is 2.25 bits per heavy atom. The van der Waals surface area contributed by atoms with Crippen LogP contribution in [0.25, 0.3) is 11.3 Å². The predicted octanol–water partition coefficient (Wildman–Crippen LogP) is 5.96. The van der Waals surface area contributed by atoms with Gasteiger partial charge >= 0.3 is 12.1 Å². The molecule has 0 atom stereocenters. The molecule has 6 nitrogen and oxygen atoms in total. The number of aryl methyl sites for hydroxylation is 1. The molecule has 0 aliphatic carbocycles. The van der Waals surface area contributed by atoms with Crippen LogP contribution >= 0.6 is 0 Å². The molecule has 1 heterocycles. The molecule has 3 rings (SSSR count). The number of pyridine rings is 1. The van der Waals surface area contributed by atoms with Gasteiger partial charge in [0.05, 0.1) is 17.0 Å². The zero-order valence-electron chi connectivity index (χ0n) is 20.8. The molecule has 0 amide bonds. The summed E-state index contributed by atoms with van der Waals surface area (Å²) >= 11 is 0. The van der Waals surface area contributed by atoms with Crippen molar-refractivity contribution in [2.24, 2.45) is 0 Å². The van der Waals surface area contributed by atoms with Crippen molar-refractivity contribution < 1.29 is 32.5 Å². The van der Waals surface area contributed by atoms with E-state index in [0.29, 0.717) is 29.3 Å². The van der Waals surface area contributed by atoms with Gasteiger partial charge in [-0.1, -0.05) is 18.2 Å². The zero-order valence-corrected chi connectivity index (χ0v) is 20.8. The standard InChI is InChI=1S/C27H29F3N2O4/c1-17-14-21(11-13-24(17)36-26(2,3)25(33)34)35-16-19-8-12-22(31-23(19)15-32(4)5)18-6-9-20(10-7-18)27(28,29)30/h6-14H,15-16H2,1-5H3,(H,33,34). The van der Waals surface area contributed by atoms with E-state index in [9.17, 15) is 23.1 Å². The second-order valence-corrected chi connectivity index (χ2v) is 9.25. The lowest BCUT2D eigenvalue weighted by molar-refractivity contribution is -0.152. The van der Waals surface area contributed by atoms with Crippen LogP contribution in [0.15, 0.2) is 54.6 Å². The van der Waals surface area contributed by atoms with Crippen LogP contribution in [0.1, 0.15) is 36.2 Å². The molecule has 0 radical (unpaired) electrons. The average molecular weight is 503 g/mol. The fourth-order valence-electron chi connectivity index (χ4n) is 3.39. The number of alkyl halides is 3. The Morgan fingerprint density at radius 2 is 1.69 bits per heavy atom. The third-order valence-corrected chi connectivity index (χ3v) is 5.46. The minimum atomic E-state index is -4.39. The van der Waals surface area contributed by atoms with Gasteiger partial charge in [0.1, 0.15) is 18.1 Å². The molecule has 2 aromatic carbocycles. The molecular weight excluding hydrogens is 473 g/mol. The number of aliphatic carboxylic acids is 1. The quantitative estimate of drug-likeness (QED) is 0.389. The van der Waals surface area contributed by atoms with Crippen molar-refractivity contribution >= 4 is 5.97 Å². The molecule has 0 spiro atoms. The van der Waals surface area contributed by atoms with Gasteiger partial charge in [0.2, 0.25) is 0 Å². The highest BCUT2D eigenvalue weighted by Gasteiger charge is 2.30. The second-order valence-electron chi connectivity index (χ2n) is 9.25. The fourth-order valence-corrected chi connectivity index (χ4v) is 3.39. The number of carboxylic acids is 1. The van der Waals surface area contributed by atoms with Crippen molar-refractivity contribution in [3.05, 3.63) is 77.0 Å².